The van der Waals surface area contributed by atoms with Gasteiger partial charge in [-0.1, -0.05) is 17.7 Å². The van der Waals surface area contributed by atoms with Crippen LogP contribution >= 0.6 is 11.6 Å². The maximum atomic E-state index is 11.7. The van der Waals surface area contributed by atoms with Crippen LogP contribution in [0.2, 0.25) is 5.02 Å². The molecule has 92 valence electrons. The fourth-order valence-corrected chi connectivity index (χ4v) is 1.67. The number of hydrogen-bond acceptors (Lipinski definition) is 2. The molecule has 1 aromatic carbocycles. The van der Waals surface area contributed by atoms with Gasteiger partial charge >= 0.3 is 0 Å². The van der Waals surface area contributed by atoms with Crippen molar-refractivity contribution in [3.05, 3.63) is 64.0 Å². The molecule has 1 amide bonds. The highest BCUT2D eigenvalue weighted by atomic mass is 35.5. The molecule has 1 N–H and O–H groups in total. The minimum absolute atomic E-state index is 0.0819. The fraction of sp³-hybridized carbons (Fsp3) is 0.0769. The topological polar surface area (TPSA) is 51.1 Å². The Morgan fingerprint density at radius 3 is 2.61 bits per heavy atom. The standard InChI is InChI=1S/C13H11ClN2O2/c14-10-2-1-3-11(8-10)15-13(18)9-16-6-4-12(17)5-7-16/h1-8H,9H2,(H,15,18). The number of nitrogens with zero attached hydrogens (tertiary/aromatic N) is 1. The molecule has 0 fully saturated rings. The molecule has 2 aromatic rings. The first-order chi connectivity index (χ1) is 8.63. The van der Waals surface area contributed by atoms with Crippen molar-refractivity contribution in [2.75, 3.05) is 5.32 Å². The molecule has 1 aromatic heterocycles. The number of nitrogens with one attached hydrogen (secondary N) is 1. The summed E-state index contributed by atoms with van der Waals surface area (Å²) in [7, 11) is 0. The number of carbonyl (C=O) groups is 1. The number of carbonyl (C=O) groups excluding carboxylic acids is 1. The van der Waals surface area contributed by atoms with Crippen LogP contribution in [0.4, 0.5) is 5.69 Å². The van der Waals surface area contributed by atoms with Crippen LogP contribution in [0.15, 0.2) is 53.6 Å². The molecule has 5 heteroatoms. The number of pyridine rings is 1. The molecule has 2 rings (SSSR count). The van der Waals surface area contributed by atoms with E-state index in [0.29, 0.717) is 10.7 Å². The van der Waals surface area contributed by atoms with Gasteiger partial charge in [0.2, 0.25) is 5.91 Å². The summed E-state index contributed by atoms with van der Waals surface area (Å²) in [4.78, 5) is 22.6. The molecule has 0 aliphatic rings. The maximum Gasteiger partial charge on any atom is 0.244 e. The molecule has 0 radical (unpaired) electrons. The number of halogens is 1. The van der Waals surface area contributed by atoms with Crippen LogP contribution in [0.1, 0.15) is 0 Å². The Labute approximate surface area is 109 Å². The summed E-state index contributed by atoms with van der Waals surface area (Å²) in [5.41, 5.74) is 0.565. The fourth-order valence-electron chi connectivity index (χ4n) is 1.48. The Morgan fingerprint density at radius 2 is 1.94 bits per heavy atom. The molecule has 0 aliphatic heterocycles. The Balaban J connectivity index is 2.01. The van der Waals surface area contributed by atoms with Crippen LogP contribution in [-0.2, 0) is 11.3 Å². The van der Waals surface area contributed by atoms with Gasteiger partial charge in [0.1, 0.15) is 6.54 Å². The largest absolute Gasteiger partial charge is 0.345 e. The van der Waals surface area contributed by atoms with Crippen LogP contribution in [-0.4, -0.2) is 10.5 Å². The SMILES string of the molecule is O=C(Cn1ccc(=O)cc1)Nc1cccc(Cl)c1. The van der Waals surface area contributed by atoms with E-state index in [4.69, 9.17) is 11.6 Å². The highest BCUT2D eigenvalue weighted by Crippen LogP contribution is 2.14. The van der Waals surface area contributed by atoms with E-state index < -0.39 is 0 Å². The summed E-state index contributed by atoms with van der Waals surface area (Å²) in [6.45, 7) is 0.146. The van der Waals surface area contributed by atoms with E-state index in [1.54, 1.807) is 41.2 Å². The van der Waals surface area contributed by atoms with Gasteiger partial charge in [-0.15, -0.1) is 0 Å². The van der Waals surface area contributed by atoms with Crippen molar-refractivity contribution in [2.24, 2.45) is 0 Å². The van der Waals surface area contributed by atoms with Gasteiger partial charge in [0.05, 0.1) is 0 Å². The lowest BCUT2D eigenvalue weighted by atomic mass is 10.3. The summed E-state index contributed by atoms with van der Waals surface area (Å²) in [5, 5.41) is 3.29. The van der Waals surface area contributed by atoms with E-state index in [1.165, 1.54) is 12.1 Å². The van der Waals surface area contributed by atoms with Crippen molar-refractivity contribution in [1.82, 2.24) is 4.57 Å². The van der Waals surface area contributed by atoms with E-state index in [0.717, 1.165) is 0 Å². The number of benzene rings is 1. The second-order valence-electron chi connectivity index (χ2n) is 3.76. The minimum Gasteiger partial charge on any atom is -0.345 e. The molecule has 0 unspecified atom stereocenters. The van der Waals surface area contributed by atoms with Gasteiger partial charge in [0.15, 0.2) is 5.43 Å². The lowest BCUT2D eigenvalue weighted by Crippen LogP contribution is -2.19. The van der Waals surface area contributed by atoms with Crippen LogP contribution in [0.25, 0.3) is 0 Å². The average molecular weight is 263 g/mol. The Kier molecular flexibility index (Phi) is 3.79. The Bertz CT molecular complexity index is 602. The third kappa shape index (κ3) is 3.46. The molecule has 0 spiro atoms. The van der Waals surface area contributed by atoms with Crippen LogP contribution < -0.4 is 10.7 Å². The van der Waals surface area contributed by atoms with Gasteiger partial charge in [-0.2, -0.15) is 0 Å². The normalized spacial score (nSPS) is 10.1. The Hall–Kier alpha value is -2.07. The number of rotatable bonds is 3. The summed E-state index contributed by atoms with van der Waals surface area (Å²) >= 11 is 5.81. The van der Waals surface area contributed by atoms with Crippen molar-refractivity contribution in [2.45, 2.75) is 6.54 Å². The molecule has 0 atom stereocenters. The Morgan fingerprint density at radius 1 is 1.22 bits per heavy atom. The van der Waals surface area contributed by atoms with Crippen molar-refractivity contribution in [1.29, 1.82) is 0 Å². The van der Waals surface area contributed by atoms with Gasteiger partial charge in [-0.25, -0.2) is 0 Å². The third-order valence-corrected chi connectivity index (χ3v) is 2.53. The monoisotopic (exact) mass is 262 g/mol. The molecular formula is C13H11ClN2O2. The minimum atomic E-state index is -0.180. The summed E-state index contributed by atoms with van der Waals surface area (Å²) in [6.07, 6.45) is 3.14. The first-order valence-electron chi connectivity index (χ1n) is 5.35. The molecule has 4 nitrogen and oxygen atoms in total. The van der Waals surface area contributed by atoms with Crippen molar-refractivity contribution >= 4 is 23.2 Å². The summed E-state index contributed by atoms with van der Waals surface area (Å²) < 4.78 is 1.63. The lowest BCUT2D eigenvalue weighted by molar-refractivity contribution is -0.116. The van der Waals surface area contributed by atoms with Crippen LogP contribution in [0, 0.1) is 0 Å². The molecule has 0 aliphatic carbocycles. The van der Waals surface area contributed by atoms with E-state index in [1.807, 2.05) is 0 Å². The van der Waals surface area contributed by atoms with Gasteiger partial charge in [-0.3, -0.25) is 9.59 Å². The highest BCUT2D eigenvalue weighted by Gasteiger charge is 2.02. The van der Waals surface area contributed by atoms with Crippen LogP contribution in [0.5, 0.6) is 0 Å². The van der Waals surface area contributed by atoms with E-state index in [2.05, 4.69) is 5.32 Å². The average Bonchev–Trinajstić information content (AvgIpc) is 2.32. The number of amides is 1. The summed E-state index contributed by atoms with van der Waals surface area (Å²) in [5.74, 6) is -0.180. The lowest BCUT2D eigenvalue weighted by Gasteiger charge is -2.07. The first-order valence-corrected chi connectivity index (χ1v) is 5.73. The number of aromatic nitrogens is 1. The van der Waals surface area contributed by atoms with Gasteiger partial charge in [-0.05, 0) is 18.2 Å². The maximum absolute atomic E-state index is 11.7. The van der Waals surface area contributed by atoms with Gasteiger partial charge in [0, 0.05) is 35.2 Å². The number of anilines is 1. The number of hydrogen-bond donors (Lipinski definition) is 1. The zero-order chi connectivity index (χ0) is 13.0. The predicted octanol–water partition coefficient (Wildman–Crippen LogP) is 2.14. The molecule has 0 saturated heterocycles. The van der Waals surface area contributed by atoms with Crippen LogP contribution in [0.3, 0.4) is 0 Å². The zero-order valence-electron chi connectivity index (χ0n) is 9.47. The van der Waals surface area contributed by atoms with E-state index in [9.17, 15) is 9.59 Å². The van der Waals surface area contributed by atoms with E-state index in [-0.39, 0.29) is 17.9 Å². The van der Waals surface area contributed by atoms with Gasteiger partial charge in [0.25, 0.3) is 0 Å². The third-order valence-electron chi connectivity index (χ3n) is 2.30. The molecule has 0 bridgehead atoms. The molecule has 0 saturated carbocycles. The van der Waals surface area contributed by atoms with Gasteiger partial charge < -0.3 is 9.88 Å². The highest BCUT2D eigenvalue weighted by molar-refractivity contribution is 6.30. The summed E-state index contributed by atoms with van der Waals surface area (Å²) in [6, 6.07) is 9.75. The molecular weight excluding hydrogens is 252 g/mol. The second kappa shape index (κ2) is 5.51. The predicted molar refractivity (Wildman–Crippen MR) is 70.8 cm³/mol. The zero-order valence-corrected chi connectivity index (χ0v) is 10.2. The quantitative estimate of drug-likeness (QED) is 0.921. The molecule has 18 heavy (non-hydrogen) atoms. The second-order valence-corrected chi connectivity index (χ2v) is 4.20. The first kappa shape index (κ1) is 12.4. The molecule has 1 heterocycles. The van der Waals surface area contributed by atoms with E-state index >= 15 is 0 Å². The van der Waals surface area contributed by atoms with Crippen molar-refractivity contribution in [3.63, 3.8) is 0 Å². The smallest absolute Gasteiger partial charge is 0.244 e. The van der Waals surface area contributed by atoms with Crippen molar-refractivity contribution < 1.29 is 4.79 Å². The van der Waals surface area contributed by atoms with Crippen molar-refractivity contribution in [3.8, 4) is 0 Å².